The normalized spacial score (nSPS) is 12.5. The minimum absolute atomic E-state index is 0.0184. The summed E-state index contributed by atoms with van der Waals surface area (Å²) in [5.41, 5.74) is 7.92. The molecular weight excluding hydrogens is 457 g/mol. The molecule has 0 aliphatic rings. The van der Waals surface area contributed by atoms with E-state index in [2.05, 4.69) is 10.2 Å². The number of nitrogens with zero attached hydrogens (tertiary/aromatic N) is 1. The van der Waals surface area contributed by atoms with Crippen LogP contribution in [0.5, 0.6) is 0 Å². The van der Waals surface area contributed by atoms with Gasteiger partial charge >= 0.3 is 11.9 Å². The van der Waals surface area contributed by atoms with Gasteiger partial charge in [0.2, 0.25) is 5.91 Å². The first-order chi connectivity index (χ1) is 15.4. The second-order valence-electron chi connectivity index (χ2n) is 7.00. The van der Waals surface area contributed by atoms with Gasteiger partial charge in [-0.15, -0.1) is 23.2 Å². The maximum atomic E-state index is 12.6. The van der Waals surface area contributed by atoms with Crippen molar-refractivity contribution in [2.24, 2.45) is 5.73 Å². The molecule has 1 amide bonds. The van der Waals surface area contributed by atoms with Gasteiger partial charge in [0.25, 0.3) is 0 Å². The van der Waals surface area contributed by atoms with E-state index in [1.165, 1.54) is 0 Å². The number of hydrogen-bond acceptors (Lipinski definition) is 7. The Kier molecular flexibility index (Phi) is 13.8. The van der Waals surface area contributed by atoms with Crippen molar-refractivity contribution in [2.75, 3.05) is 43.0 Å². The van der Waals surface area contributed by atoms with Crippen LogP contribution in [-0.2, 0) is 30.3 Å². The molecular formula is C22H33Cl2N3O5. The van der Waals surface area contributed by atoms with E-state index in [0.717, 1.165) is 11.3 Å². The molecule has 0 radical (unpaired) electrons. The molecule has 1 aromatic rings. The number of anilines is 1. The molecule has 10 heteroatoms. The lowest BCUT2D eigenvalue weighted by Crippen LogP contribution is -2.49. The lowest BCUT2D eigenvalue weighted by Gasteiger charge is -2.23. The van der Waals surface area contributed by atoms with Crippen LogP contribution in [0.4, 0.5) is 5.69 Å². The summed E-state index contributed by atoms with van der Waals surface area (Å²) in [6.45, 7) is 5.12. The van der Waals surface area contributed by atoms with Gasteiger partial charge in [0, 0.05) is 37.0 Å². The van der Waals surface area contributed by atoms with Gasteiger partial charge in [0.15, 0.2) is 0 Å². The molecule has 0 aliphatic heterocycles. The maximum absolute atomic E-state index is 12.6. The Hall–Kier alpha value is -2.03. The largest absolute Gasteiger partial charge is 0.466 e. The van der Waals surface area contributed by atoms with Gasteiger partial charge in [-0.3, -0.25) is 9.59 Å². The van der Waals surface area contributed by atoms with Gasteiger partial charge in [-0.1, -0.05) is 12.1 Å². The Labute approximate surface area is 199 Å². The number of ether oxygens (including phenoxy) is 2. The molecule has 32 heavy (non-hydrogen) atoms. The average Bonchev–Trinajstić information content (AvgIpc) is 2.77. The van der Waals surface area contributed by atoms with E-state index >= 15 is 0 Å². The number of esters is 2. The zero-order valence-electron chi connectivity index (χ0n) is 18.6. The Morgan fingerprint density at radius 3 is 2.16 bits per heavy atom. The highest BCUT2D eigenvalue weighted by Gasteiger charge is 2.26. The summed E-state index contributed by atoms with van der Waals surface area (Å²) in [5.74, 6) is -0.580. The van der Waals surface area contributed by atoms with Crippen LogP contribution in [0.25, 0.3) is 0 Å². The van der Waals surface area contributed by atoms with Crippen molar-refractivity contribution in [1.29, 1.82) is 0 Å². The number of benzene rings is 1. The standard InChI is InChI=1S/C22H33Cl2N3O5/c1-3-31-20(28)10-9-19(22(30)32-4-2)26-21(29)18(25)15-16-5-7-17(8-6-16)27(13-11-23)14-12-24/h5-8,18-19H,3-4,9-15,25H2,1-2H3,(H,26,29)/t18-,19+/m1/s1. The first-order valence-electron chi connectivity index (χ1n) is 10.7. The molecule has 3 N–H and O–H groups in total. The van der Waals surface area contributed by atoms with Crippen LogP contribution in [0.1, 0.15) is 32.3 Å². The van der Waals surface area contributed by atoms with Crippen molar-refractivity contribution in [1.82, 2.24) is 5.32 Å². The van der Waals surface area contributed by atoms with Gasteiger partial charge < -0.3 is 25.4 Å². The number of alkyl halides is 2. The van der Waals surface area contributed by atoms with E-state index in [1.807, 2.05) is 24.3 Å². The lowest BCUT2D eigenvalue weighted by molar-refractivity contribution is -0.149. The first-order valence-corrected chi connectivity index (χ1v) is 11.8. The molecule has 0 bridgehead atoms. The number of amides is 1. The zero-order chi connectivity index (χ0) is 23.9. The molecule has 8 nitrogen and oxygen atoms in total. The van der Waals surface area contributed by atoms with E-state index in [9.17, 15) is 14.4 Å². The summed E-state index contributed by atoms with van der Waals surface area (Å²) in [7, 11) is 0. The molecule has 0 saturated heterocycles. The molecule has 2 atom stereocenters. The van der Waals surface area contributed by atoms with Gasteiger partial charge in [-0.2, -0.15) is 0 Å². The van der Waals surface area contributed by atoms with E-state index < -0.39 is 29.9 Å². The van der Waals surface area contributed by atoms with Crippen molar-refractivity contribution in [3.63, 3.8) is 0 Å². The predicted molar refractivity (Wildman–Crippen MR) is 126 cm³/mol. The van der Waals surface area contributed by atoms with Crippen molar-refractivity contribution < 1.29 is 23.9 Å². The molecule has 0 spiro atoms. The number of rotatable bonds is 15. The molecule has 1 aromatic carbocycles. The number of hydrogen-bond donors (Lipinski definition) is 2. The summed E-state index contributed by atoms with van der Waals surface area (Å²) in [5, 5.41) is 2.60. The van der Waals surface area contributed by atoms with Crippen LogP contribution >= 0.6 is 23.2 Å². The van der Waals surface area contributed by atoms with Crippen LogP contribution in [-0.4, -0.2) is 68.0 Å². The lowest BCUT2D eigenvalue weighted by atomic mass is 10.0. The minimum Gasteiger partial charge on any atom is -0.466 e. The summed E-state index contributed by atoms with van der Waals surface area (Å²) in [4.78, 5) is 38.5. The number of nitrogens with one attached hydrogen (secondary N) is 1. The quantitative estimate of drug-likeness (QED) is 0.287. The molecule has 0 aliphatic carbocycles. The van der Waals surface area contributed by atoms with Crippen LogP contribution in [0.2, 0.25) is 0 Å². The fraction of sp³-hybridized carbons (Fsp3) is 0.591. The van der Waals surface area contributed by atoms with Gasteiger partial charge in [-0.05, 0) is 44.4 Å². The van der Waals surface area contributed by atoms with E-state index in [1.54, 1.807) is 13.8 Å². The topological polar surface area (TPSA) is 111 Å². The highest BCUT2D eigenvalue weighted by molar-refractivity contribution is 6.18. The maximum Gasteiger partial charge on any atom is 0.328 e. The third-order valence-electron chi connectivity index (χ3n) is 4.63. The first kappa shape index (κ1) is 28.0. The summed E-state index contributed by atoms with van der Waals surface area (Å²) >= 11 is 11.7. The summed E-state index contributed by atoms with van der Waals surface area (Å²) in [6.07, 6.45) is 0.335. The van der Waals surface area contributed by atoms with Crippen LogP contribution in [0, 0.1) is 0 Å². The SMILES string of the molecule is CCOC(=O)CC[C@H](NC(=O)[C@H](N)Cc1ccc(N(CCCl)CCCl)cc1)C(=O)OCC. The third kappa shape index (κ3) is 10.1. The van der Waals surface area contributed by atoms with Crippen LogP contribution in [0.15, 0.2) is 24.3 Å². The van der Waals surface area contributed by atoms with Crippen molar-refractivity contribution >= 4 is 46.7 Å². The fourth-order valence-corrected chi connectivity index (χ4v) is 3.44. The molecule has 0 fully saturated rings. The Balaban J connectivity index is 2.72. The van der Waals surface area contributed by atoms with Gasteiger partial charge in [0.1, 0.15) is 6.04 Å². The Morgan fingerprint density at radius 2 is 1.62 bits per heavy atom. The minimum atomic E-state index is -0.972. The molecule has 0 unspecified atom stereocenters. The van der Waals surface area contributed by atoms with Crippen molar-refractivity contribution in [3.05, 3.63) is 29.8 Å². The van der Waals surface area contributed by atoms with Crippen molar-refractivity contribution in [3.8, 4) is 0 Å². The molecule has 0 saturated carbocycles. The number of halogens is 2. The Bertz CT molecular complexity index is 712. The Morgan fingerprint density at radius 1 is 1.03 bits per heavy atom. The fourth-order valence-electron chi connectivity index (χ4n) is 3.03. The molecule has 1 rings (SSSR count). The molecule has 0 aromatic heterocycles. The van der Waals surface area contributed by atoms with Crippen LogP contribution in [0.3, 0.4) is 0 Å². The third-order valence-corrected chi connectivity index (χ3v) is 4.97. The van der Waals surface area contributed by atoms with E-state index in [0.29, 0.717) is 24.8 Å². The molecule has 180 valence electrons. The smallest absolute Gasteiger partial charge is 0.328 e. The highest BCUT2D eigenvalue weighted by atomic mass is 35.5. The average molecular weight is 490 g/mol. The van der Waals surface area contributed by atoms with Crippen LogP contribution < -0.4 is 16.0 Å². The van der Waals surface area contributed by atoms with E-state index in [4.69, 9.17) is 38.4 Å². The highest BCUT2D eigenvalue weighted by Crippen LogP contribution is 2.16. The predicted octanol–water partition coefficient (Wildman–Crippen LogP) is 2.23. The number of carbonyl (C=O) groups is 3. The summed E-state index contributed by atoms with van der Waals surface area (Å²) < 4.78 is 9.87. The van der Waals surface area contributed by atoms with Crippen molar-refractivity contribution in [2.45, 2.75) is 45.2 Å². The number of carbonyl (C=O) groups excluding carboxylic acids is 3. The summed E-state index contributed by atoms with van der Waals surface area (Å²) in [6, 6.07) is 5.80. The monoisotopic (exact) mass is 489 g/mol. The second kappa shape index (κ2) is 15.7. The number of nitrogens with two attached hydrogens (primary N) is 1. The molecule has 0 heterocycles. The van der Waals surface area contributed by atoms with E-state index in [-0.39, 0.29) is 32.5 Å². The zero-order valence-corrected chi connectivity index (χ0v) is 20.2. The van der Waals surface area contributed by atoms with Gasteiger partial charge in [-0.25, -0.2) is 4.79 Å². The second-order valence-corrected chi connectivity index (χ2v) is 7.75. The van der Waals surface area contributed by atoms with Gasteiger partial charge in [0.05, 0.1) is 19.3 Å².